The lowest BCUT2D eigenvalue weighted by Gasteiger charge is -2.32. The van der Waals surface area contributed by atoms with Gasteiger partial charge in [0, 0.05) is 38.0 Å². The average Bonchev–Trinajstić information content (AvgIpc) is 3.23. The molecular weight excluding hydrogens is 426 g/mol. The molecule has 174 valence electrons. The zero-order chi connectivity index (χ0) is 23.1. The molecule has 2 aliphatic heterocycles. The van der Waals surface area contributed by atoms with Crippen molar-refractivity contribution in [3.8, 4) is 5.69 Å². The summed E-state index contributed by atoms with van der Waals surface area (Å²) in [5, 5.41) is 13.3. The van der Waals surface area contributed by atoms with E-state index in [9.17, 15) is 13.6 Å². The van der Waals surface area contributed by atoms with Crippen molar-refractivity contribution in [1.82, 2.24) is 29.4 Å². The summed E-state index contributed by atoms with van der Waals surface area (Å²) in [5.41, 5.74) is 1.67. The van der Waals surface area contributed by atoms with Gasteiger partial charge in [-0.15, -0.1) is 10.2 Å². The van der Waals surface area contributed by atoms with Crippen molar-refractivity contribution in [1.29, 1.82) is 0 Å². The Balaban J connectivity index is 1.41. The fourth-order valence-corrected chi connectivity index (χ4v) is 5.18. The molecule has 2 aliphatic rings. The molecule has 2 aromatic heterocycles. The first kappa shape index (κ1) is 21.7. The highest BCUT2D eigenvalue weighted by atomic mass is 19.1. The topological polar surface area (TPSA) is 68.8 Å². The second-order valence-electron chi connectivity index (χ2n) is 9.08. The van der Waals surface area contributed by atoms with E-state index in [1.807, 2.05) is 4.90 Å². The van der Waals surface area contributed by atoms with E-state index < -0.39 is 11.6 Å². The summed E-state index contributed by atoms with van der Waals surface area (Å²) in [4.78, 5) is 15.4. The van der Waals surface area contributed by atoms with Gasteiger partial charge < -0.3 is 9.47 Å². The van der Waals surface area contributed by atoms with E-state index in [4.69, 9.17) is 0 Å². The number of aromatic nitrogens is 5. The maximum Gasteiger partial charge on any atom is 0.257 e. The van der Waals surface area contributed by atoms with Crippen LogP contribution in [0.1, 0.15) is 71.4 Å². The standard InChI is InChI=1S/C24H28F2N6O/c1-15-22(16(2)32(29-15)20-10-9-18(25)13-19(20)26)24(33)30-11-6-7-17(14-30)23-28-27-21-8-4-3-5-12-31(21)23/h9-10,13,17H,3-8,11-12,14H2,1-2H3. The van der Waals surface area contributed by atoms with Gasteiger partial charge in [0.15, 0.2) is 5.82 Å². The third-order valence-electron chi connectivity index (χ3n) is 6.85. The Morgan fingerprint density at radius 3 is 2.73 bits per heavy atom. The van der Waals surface area contributed by atoms with E-state index in [1.54, 1.807) is 13.8 Å². The number of amides is 1. The molecule has 1 fully saturated rings. The molecule has 0 aliphatic carbocycles. The zero-order valence-corrected chi connectivity index (χ0v) is 19.0. The van der Waals surface area contributed by atoms with Gasteiger partial charge in [-0.25, -0.2) is 13.5 Å². The van der Waals surface area contributed by atoms with Crippen molar-refractivity contribution in [3.63, 3.8) is 0 Å². The lowest BCUT2D eigenvalue weighted by atomic mass is 9.96. The Hall–Kier alpha value is -3.10. The number of aryl methyl sites for hydroxylation is 2. The van der Waals surface area contributed by atoms with Gasteiger partial charge in [0.05, 0.1) is 17.0 Å². The van der Waals surface area contributed by atoms with Crippen molar-refractivity contribution < 1.29 is 13.6 Å². The van der Waals surface area contributed by atoms with Crippen LogP contribution in [0.25, 0.3) is 5.69 Å². The number of nitrogens with zero attached hydrogens (tertiary/aromatic N) is 6. The van der Waals surface area contributed by atoms with E-state index in [0.717, 1.165) is 56.4 Å². The number of fused-ring (bicyclic) bond motifs is 1. The first-order valence-corrected chi connectivity index (χ1v) is 11.7. The first-order valence-electron chi connectivity index (χ1n) is 11.7. The Labute approximate surface area is 191 Å². The molecule has 0 saturated carbocycles. The van der Waals surface area contributed by atoms with Crippen LogP contribution >= 0.6 is 0 Å². The van der Waals surface area contributed by atoms with Gasteiger partial charge in [0.25, 0.3) is 5.91 Å². The smallest absolute Gasteiger partial charge is 0.257 e. The number of carbonyl (C=O) groups excluding carboxylic acids is 1. The van der Waals surface area contributed by atoms with E-state index in [0.29, 0.717) is 30.0 Å². The largest absolute Gasteiger partial charge is 0.338 e. The van der Waals surface area contributed by atoms with Crippen LogP contribution in [0, 0.1) is 25.5 Å². The molecule has 0 bridgehead atoms. The van der Waals surface area contributed by atoms with Gasteiger partial charge in [-0.1, -0.05) is 6.42 Å². The van der Waals surface area contributed by atoms with Crippen LogP contribution in [0.3, 0.4) is 0 Å². The maximum absolute atomic E-state index is 14.4. The number of hydrogen-bond donors (Lipinski definition) is 0. The Bertz CT molecular complexity index is 1200. The second kappa shape index (κ2) is 8.68. The van der Waals surface area contributed by atoms with Gasteiger partial charge in [0.2, 0.25) is 0 Å². The maximum atomic E-state index is 14.4. The van der Waals surface area contributed by atoms with Crippen LogP contribution < -0.4 is 0 Å². The van der Waals surface area contributed by atoms with Crippen LogP contribution in [0.2, 0.25) is 0 Å². The lowest BCUT2D eigenvalue weighted by Crippen LogP contribution is -2.40. The van der Waals surface area contributed by atoms with E-state index in [-0.39, 0.29) is 17.5 Å². The molecule has 0 radical (unpaired) electrons. The van der Waals surface area contributed by atoms with Crippen molar-refractivity contribution in [2.24, 2.45) is 0 Å². The summed E-state index contributed by atoms with van der Waals surface area (Å²) in [6.45, 7) is 5.67. The molecule has 1 amide bonds. The number of piperidine rings is 1. The molecule has 1 unspecified atom stereocenters. The molecule has 1 aromatic carbocycles. The summed E-state index contributed by atoms with van der Waals surface area (Å²) in [7, 11) is 0. The van der Waals surface area contributed by atoms with E-state index in [1.165, 1.54) is 23.2 Å². The number of rotatable bonds is 3. The summed E-state index contributed by atoms with van der Waals surface area (Å²) < 4.78 is 31.4. The summed E-state index contributed by atoms with van der Waals surface area (Å²) >= 11 is 0. The van der Waals surface area contributed by atoms with Crippen molar-refractivity contribution in [2.75, 3.05) is 13.1 Å². The van der Waals surface area contributed by atoms with Crippen molar-refractivity contribution in [2.45, 2.75) is 64.8 Å². The molecule has 3 aromatic rings. The van der Waals surface area contributed by atoms with Gasteiger partial charge in [0.1, 0.15) is 23.2 Å². The highest BCUT2D eigenvalue weighted by molar-refractivity contribution is 5.96. The lowest BCUT2D eigenvalue weighted by molar-refractivity contribution is 0.0701. The van der Waals surface area contributed by atoms with Gasteiger partial charge in [-0.2, -0.15) is 5.10 Å². The Kier molecular flexibility index (Phi) is 5.72. The highest BCUT2D eigenvalue weighted by Gasteiger charge is 2.32. The van der Waals surface area contributed by atoms with Crippen LogP contribution in [0.15, 0.2) is 18.2 Å². The third kappa shape index (κ3) is 3.94. The van der Waals surface area contributed by atoms with E-state index in [2.05, 4.69) is 19.9 Å². The molecule has 9 heteroatoms. The number of halogens is 2. The Morgan fingerprint density at radius 2 is 1.91 bits per heavy atom. The predicted octanol–water partition coefficient (Wildman–Crippen LogP) is 4.11. The molecule has 5 rings (SSSR count). The van der Waals surface area contributed by atoms with Crippen LogP contribution in [-0.4, -0.2) is 48.4 Å². The van der Waals surface area contributed by atoms with Gasteiger partial charge >= 0.3 is 0 Å². The summed E-state index contributed by atoms with van der Waals surface area (Å²) in [5.74, 6) is 0.707. The fourth-order valence-electron chi connectivity index (χ4n) is 5.18. The normalized spacial score (nSPS) is 18.8. The molecule has 1 saturated heterocycles. The zero-order valence-electron chi connectivity index (χ0n) is 19.0. The minimum absolute atomic E-state index is 0.112. The second-order valence-corrected chi connectivity index (χ2v) is 9.08. The minimum Gasteiger partial charge on any atom is -0.338 e. The molecule has 7 nitrogen and oxygen atoms in total. The summed E-state index contributed by atoms with van der Waals surface area (Å²) in [6.07, 6.45) is 6.29. The van der Waals surface area contributed by atoms with Crippen molar-refractivity contribution >= 4 is 5.91 Å². The van der Waals surface area contributed by atoms with Crippen LogP contribution in [0.5, 0.6) is 0 Å². The molecule has 4 heterocycles. The minimum atomic E-state index is -0.717. The number of carbonyl (C=O) groups is 1. The molecule has 0 N–H and O–H groups in total. The molecule has 33 heavy (non-hydrogen) atoms. The predicted molar refractivity (Wildman–Crippen MR) is 118 cm³/mol. The number of likely N-dealkylation sites (tertiary alicyclic amines) is 1. The number of hydrogen-bond acceptors (Lipinski definition) is 4. The first-order chi connectivity index (χ1) is 15.9. The van der Waals surface area contributed by atoms with E-state index >= 15 is 0 Å². The monoisotopic (exact) mass is 454 g/mol. The average molecular weight is 455 g/mol. The Morgan fingerprint density at radius 1 is 1.06 bits per heavy atom. The van der Waals surface area contributed by atoms with Crippen LogP contribution in [0.4, 0.5) is 8.78 Å². The van der Waals surface area contributed by atoms with Crippen molar-refractivity contribution in [3.05, 3.63) is 58.4 Å². The fraction of sp³-hybridized carbons (Fsp3) is 0.500. The highest BCUT2D eigenvalue weighted by Crippen LogP contribution is 2.30. The number of benzene rings is 1. The molecule has 0 spiro atoms. The quantitative estimate of drug-likeness (QED) is 0.597. The van der Waals surface area contributed by atoms with Gasteiger partial charge in [-0.05, 0) is 51.7 Å². The molecular formula is C24H28F2N6O. The summed E-state index contributed by atoms with van der Waals surface area (Å²) in [6, 6.07) is 3.35. The third-order valence-corrected chi connectivity index (χ3v) is 6.85. The van der Waals surface area contributed by atoms with Crippen LogP contribution in [-0.2, 0) is 13.0 Å². The molecule has 1 atom stereocenters. The SMILES string of the molecule is Cc1nn(-c2ccc(F)cc2F)c(C)c1C(=O)N1CCCC(c2nnc3n2CCCCC3)C1. The van der Waals surface area contributed by atoms with Gasteiger partial charge in [-0.3, -0.25) is 4.79 Å².